The molecular formula is C36H35N7O5. The molecule has 0 radical (unpaired) electrons. The molecule has 244 valence electrons. The zero-order valence-electron chi connectivity index (χ0n) is 26.4. The van der Waals surface area contributed by atoms with Crippen LogP contribution in [-0.4, -0.2) is 78.2 Å². The van der Waals surface area contributed by atoms with Crippen LogP contribution in [0.1, 0.15) is 28.1 Å². The van der Waals surface area contributed by atoms with Crippen molar-refractivity contribution in [3.8, 4) is 5.75 Å². The Balaban J connectivity index is 1.27. The fourth-order valence-electron chi connectivity index (χ4n) is 6.57. The van der Waals surface area contributed by atoms with Gasteiger partial charge in [0.15, 0.2) is 5.76 Å². The molecule has 0 saturated carbocycles. The van der Waals surface area contributed by atoms with Gasteiger partial charge in [-0.1, -0.05) is 65.8 Å². The van der Waals surface area contributed by atoms with E-state index in [2.05, 4.69) is 15.5 Å². The van der Waals surface area contributed by atoms with E-state index in [1.165, 1.54) is 0 Å². The van der Waals surface area contributed by atoms with E-state index in [-0.39, 0.29) is 56.7 Å². The summed E-state index contributed by atoms with van der Waals surface area (Å²) in [6, 6.07) is 26.3. The summed E-state index contributed by atoms with van der Waals surface area (Å²) in [6.45, 7) is 2.40. The molecule has 0 bridgehead atoms. The van der Waals surface area contributed by atoms with E-state index in [0.29, 0.717) is 11.5 Å². The van der Waals surface area contributed by atoms with Gasteiger partial charge in [0.1, 0.15) is 18.0 Å². The number of hydrogen-bond acceptors (Lipinski definition) is 8. The van der Waals surface area contributed by atoms with Crippen LogP contribution in [-0.2, 0) is 35.6 Å². The zero-order valence-corrected chi connectivity index (χ0v) is 26.4. The third-order valence-electron chi connectivity index (χ3n) is 8.80. The van der Waals surface area contributed by atoms with Gasteiger partial charge < -0.3 is 24.7 Å². The number of pyridine rings is 1. The average Bonchev–Trinajstić information content (AvgIpc) is 3.51. The Bertz CT molecular complexity index is 1940. The van der Waals surface area contributed by atoms with Crippen LogP contribution in [0.4, 0.5) is 4.79 Å². The van der Waals surface area contributed by atoms with E-state index in [1.807, 2.05) is 67.6 Å². The van der Waals surface area contributed by atoms with E-state index in [9.17, 15) is 19.5 Å². The number of phenols is 1. The van der Waals surface area contributed by atoms with Crippen LogP contribution >= 0.6 is 0 Å². The van der Waals surface area contributed by atoms with Crippen molar-refractivity contribution in [1.29, 1.82) is 0 Å². The van der Waals surface area contributed by atoms with Gasteiger partial charge in [0.25, 0.3) is 0 Å². The molecule has 12 nitrogen and oxygen atoms in total. The quantitative estimate of drug-likeness (QED) is 0.259. The number of rotatable bonds is 8. The number of nitrogens with one attached hydrogen (secondary N) is 1. The lowest BCUT2D eigenvalue weighted by atomic mass is 9.98. The van der Waals surface area contributed by atoms with E-state index in [4.69, 9.17) is 4.52 Å². The first-order valence-corrected chi connectivity index (χ1v) is 15.8. The molecule has 2 aromatic heterocycles. The van der Waals surface area contributed by atoms with E-state index in [0.717, 1.165) is 27.6 Å². The molecule has 12 heteroatoms. The summed E-state index contributed by atoms with van der Waals surface area (Å²) in [6.07, 6.45) is 1.11. The summed E-state index contributed by atoms with van der Waals surface area (Å²) in [4.78, 5) is 50.5. The number of carbonyl (C=O) groups excluding carboxylic acids is 3. The number of urea groups is 1. The molecule has 2 saturated heterocycles. The second-order valence-corrected chi connectivity index (χ2v) is 12.1. The van der Waals surface area contributed by atoms with Gasteiger partial charge in [-0.05, 0) is 47.9 Å². The maximum atomic E-state index is 14.4. The van der Waals surface area contributed by atoms with Crippen LogP contribution in [0.2, 0.25) is 0 Å². The van der Waals surface area contributed by atoms with Gasteiger partial charge in [0, 0.05) is 37.2 Å². The molecule has 1 unspecified atom stereocenters. The Morgan fingerprint density at radius 1 is 0.958 bits per heavy atom. The SMILES string of the molecule is Cc1cc(CN2CC(=O)N3C(CN(Cc4cccc5ncccc45)C(=O)[C@@H]3Cc3ccc(O)cc3)N2C(=O)NCc2ccccc2)on1. The number of fused-ring (bicyclic) bond motifs is 2. The van der Waals surface area contributed by atoms with Crippen LogP contribution in [0.15, 0.2) is 102 Å². The minimum Gasteiger partial charge on any atom is -0.508 e. The van der Waals surface area contributed by atoms with Gasteiger partial charge in [-0.15, -0.1) is 0 Å². The van der Waals surface area contributed by atoms with Gasteiger partial charge in [0.05, 0.1) is 30.8 Å². The Morgan fingerprint density at radius 3 is 2.54 bits per heavy atom. The molecule has 0 aliphatic carbocycles. The second-order valence-electron chi connectivity index (χ2n) is 12.1. The summed E-state index contributed by atoms with van der Waals surface area (Å²) in [5.41, 5.74) is 4.09. The number of aryl methyl sites for hydroxylation is 1. The van der Waals surface area contributed by atoms with E-state index in [1.54, 1.807) is 56.3 Å². The lowest BCUT2D eigenvalue weighted by Crippen LogP contribution is -2.76. The first-order chi connectivity index (χ1) is 23.3. The Hall–Kier alpha value is -5.75. The Labute approximate surface area is 277 Å². The number of hydrogen-bond donors (Lipinski definition) is 2. The van der Waals surface area contributed by atoms with Crippen molar-refractivity contribution in [3.05, 3.63) is 125 Å². The van der Waals surface area contributed by atoms with Crippen LogP contribution in [0.25, 0.3) is 10.9 Å². The standard InChI is InChI=1S/C36H35N7O5/c1-24-17-29(48-39-24)21-41-23-34(45)42-32(18-25-12-14-28(44)15-13-25)35(46)40(20-27-9-5-11-31-30(27)10-6-16-37-31)22-33(42)43(41)36(47)38-19-26-7-3-2-4-8-26/h2-17,32-33,44H,18-23H2,1H3,(H,38,47)/t32-,33?/m0/s1. The Morgan fingerprint density at radius 2 is 1.77 bits per heavy atom. The fraction of sp³-hybridized carbons (Fsp3) is 0.250. The van der Waals surface area contributed by atoms with Crippen LogP contribution in [0.3, 0.4) is 0 Å². The Kier molecular flexibility index (Phi) is 8.47. The van der Waals surface area contributed by atoms with Gasteiger partial charge in [-0.2, -0.15) is 5.01 Å². The molecule has 2 fully saturated rings. The molecule has 2 aliphatic heterocycles. The molecule has 2 aliphatic rings. The molecule has 5 aromatic rings. The molecule has 4 amide bonds. The number of nitrogens with zero attached hydrogens (tertiary/aromatic N) is 6. The van der Waals surface area contributed by atoms with Crippen LogP contribution in [0.5, 0.6) is 5.75 Å². The van der Waals surface area contributed by atoms with Gasteiger partial charge in [-0.25, -0.2) is 9.80 Å². The highest BCUT2D eigenvalue weighted by Gasteiger charge is 2.51. The largest absolute Gasteiger partial charge is 0.508 e. The maximum absolute atomic E-state index is 14.4. The van der Waals surface area contributed by atoms with Crippen molar-refractivity contribution in [1.82, 2.24) is 35.3 Å². The van der Waals surface area contributed by atoms with Crippen LogP contribution in [0, 0.1) is 6.92 Å². The van der Waals surface area contributed by atoms with Crippen molar-refractivity contribution in [2.24, 2.45) is 0 Å². The van der Waals surface area contributed by atoms with Crippen molar-refractivity contribution in [3.63, 3.8) is 0 Å². The minimum atomic E-state index is -0.895. The van der Waals surface area contributed by atoms with Gasteiger partial charge >= 0.3 is 6.03 Å². The molecule has 4 heterocycles. The molecule has 7 rings (SSSR count). The number of aromatic nitrogens is 2. The molecule has 0 spiro atoms. The van der Waals surface area contributed by atoms with Crippen LogP contribution < -0.4 is 5.32 Å². The first kappa shape index (κ1) is 30.9. The monoisotopic (exact) mass is 645 g/mol. The topological polar surface area (TPSA) is 135 Å². The molecule has 3 aromatic carbocycles. The highest BCUT2D eigenvalue weighted by Crippen LogP contribution is 2.31. The second kappa shape index (κ2) is 13.2. The van der Waals surface area contributed by atoms with Gasteiger partial charge in [-0.3, -0.25) is 14.6 Å². The normalized spacial score (nSPS) is 18.3. The number of carbonyl (C=O) groups is 3. The summed E-state index contributed by atoms with van der Waals surface area (Å²) < 4.78 is 5.50. The van der Waals surface area contributed by atoms with Crippen molar-refractivity contribution < 1.29 is 24.0 Å². The third-order valence-corrected chi connectivity index (χ3v) is 8.80. The minimum absolute atomic E-state index is 0.0813. The molecular weight excluding hydrogens is 610 g/mol. The lowest BCUT2D eigenvalue weighted by molar-refractivity contribution is -0.193. The predicted octanol–water partition coefficient (Wildman–Crippen LogP) is 3.99. The van der Waals surface area contributed by atoms with Crippen molar-refractivity contribution >= 4 is 28.7 Å². The number of phenolic OH excluding ortho intramolecular Hbond substituents is 1. The summed E-state index contributed by atoms with van der Waals surface area (Å²) in [7, 11) is 0. The lowest BCUT2D eigenvalue weighted by Gasteiger charge is -2.55. The predicted molar refractivity (Wildman–Crippen MR) is 176 cm³/mol. The summed E-state index contributed by atoms with van der Waals surface area (Å²) >= 11 is 0. The van der Waals surface area contributed by atoms with Crippen molar-refractivity contribution in [2.45, 2.75) is 45.2 Å². The summed E-state index contributed by atoms with van der Waals surface area (Å²) in [5, 5.41) is 21.1. The maximum Gasteiger partial charge on any atom is 0.334 e. The van der Waals surface area contributed by atoms with Gasteiger partial charge in [0.2, 0.25) is 11.8 Å². The van der Waals surface area contributed by atoms with E-state index >= 15 is 0 Å². The fourth-order valence-corrected chi connectivity index (χ4v) is 6.57. The average molecular weight is 646 g/mol. The zero-order chi connectivity index (χ0) is 33.2. The first-order valence-electron chi connectivity index (χ1n) is 15.8. The number of piperazine rings is 1. The number of amides is 4. The van der Waals surface area contributed by atoms with E-state index < -0.39 is 18.2 Å². The number of aromatic hydroxyl groups is 1. The molecule has 48 heavy (non-hydrogen) atoms. The molecule has 2 N–H and O–H groups in total. The third kappa shape index (κ3) is 6.29. The van der Waals surface area contributed by atoms with Crippen molar-refractivity contribution in [2.75, 3.05) is 13.1 Å². The number of benzene rings is 3. The number of hydrazine groups is 1. The highest BCUT2D eigenvalue weighted by molar-refractivity contribution is 5.92. The summed E-state index contributed by atoms with van der Waals surface area (Å²) in [5.74, 6) is 0.0978. The molecule has 2 atom stereocenters. The smallest absolute Gasteiger partial charge is 0.334 e. The highest BCUT2D eigenvalue weighted by atomic mass is 16.5.